The molecule has 3 fully saturated rings. The highest BCUT2D eigenvalue weighted by Gasteiger charge is 2.62. The number of oxime groups is 1. The number of benzene rings is 1. The Balaban J connectivity index is 1.42. The van der Waals surface area contributed by atoms with E-state index in [2.05, 4.69) is 32.0 Å². The first-order chi connectivity index (χ1) is 13.3. The Bertz CT molecular complexity index is 812. The lowest BCUT2D eigenvalue weighted by molar-refractivity contribution is -0.384. The van der Waals surface area contributed by atoms with E-state index < -0.39 is 4.92 Å². The fraction of sp³-hybridized carbons (Fsp3) is 0.609. The zero-order valence-electron chi connectivity index (χ0n) is 17.1. The molecule has 4 atom stereocenters. The van der Waals surface area contributed by atoms with Crippen LogP contribution in [-0.2, 0) is 4.84 Å². The van der Waals surface area contributed by atoms with Crippen LogP contribution >= 0.6 is 0 Å². The lowest BCUT2D eigenvalue weighted by atomic mass is 9.68. The molecule has 3 aliphatic rings. The molecule has 0 saturated heterocycles. The van der Waals surface area contributed by atoms with Gasteiger partial charge in [-0.25, -0.2) is 0 Å². The maximum atomic E-state index is 10.7. The molecular formula is C23H30N2O3. The van der Waals surface area contributed by atoms with Gasteiger partial charge in [0, 0.05) is 12.1 Å². The fourth-order valence-electron chi connectivity index (χ4n) is 6.53. The van der Waals surface area contributed by atoms with Crippen LogP contribution in [0, 0.1) is 38.7 Å². The van der Waals surface area contributed by atoms with Gasteiger partial charge < -0.3 is 4.84 Å². The molecule has 28 heavy (non-hydrogen) atoms. The van der Waals surface area contributed by atoms with Crippen molar-refractivity contribution in [3.05, 3.63) is 51.6 Å². The summed E-state index contributed by atoms with van der Waals surface area (Å²) in [5.41, 5.74) is 3.27. The molecular weight excluding hydrogens is 352 g/mol. The Morgan fingerprint density at radius 3 is 2.68 bits per heavy atom. The van der Waals surface area contributed by atoms with E-state index in [9.17, 15) is 10.1 Å². The third-order valence-electron chi connectivity index (χ3n) is 7.71. The van der Waals surface area contributed by atoms with Crippen LogP contribution in [0.1, 0.15) is 58.4 Å². The molecule has 0 unspecified atom stereocenters. The maximum Gasteiger partial charge on any atom is 0.269 e. The van der Waals surface area contributed by atoms with Gasteiger partial charge in [-0.05, 0) is 78.0 Å². The molecule has 4 bridgehead atoms. The Labute approximate surface area is 167 Å². The number of hydrogen-bond donors (Lipinski definition) is 0. The maximum absolute atomic E-state index is 10.7. The lowest BCUT2D eigenvalue weighted by Crippen LogP contribution is -2.28. The van der Waals surface area contributed by atoms with E-state index in [0.717, 1.165) is 17.4 Å². The summed E-state index contributed by atoms with van der Waals surface area (Å²) in [5.74, 6) is 2.35. The van der Waals surface area contributed by atoms with Crippen LogP contribution in [0.25, 0.3) is 0 Å². The zero-order valence-corrected chi connectivity index (χ0v) is 17.1. The van der Waals surface area contributed by atoms with Crippen molar-refractivity contribution in [2.75, 3.05) is 6.61 Å². The molecule has 3 saturated carbocycles. The van der Waals surface area contributed by atoms with E-state index in [0.29, 0.717) is 23.4 Å². The van der Waals surface area contributed by atoms with Gasteiger partial charge >= 0.3 is 0 Å². The minimum atomic E-state index is -0.403. The third kappa shape index (κ3) is 3.15. The number of rotatable bonds is 5. The summed E-state index contributed by atoms with van der Waals surface area (Å²) >= 11 is 0. The molecule has 0 aromatic heterocycles. The van der Waals surface area contributed by atoms with Crippen molar-refractivity contribution in [3.8, 4) is 0 Å². The van der Waals surface area contributed by atoms with E-state index in [1.54, 1.807) is 23.9 Å². The normalized spacial score (nSPS) is 34.7. The molecule has 150 valence electrons. The quantitative estimate of drug-likeness (QED) is 0.214. The van der Waals surface area contributed by atoms with Gasteiger partial charge in [-0.15, -0.1) is 0 Å². The molecule has 1 aromatic rings. The highest BCUT2D eigenvalue weighted by molar-refractivity contribution is 5.79. The van der Waals surface area contributed by atoms with E-state index >= 15 is 0 Å². The Morgan fingerprint density at radius 2 is 1.96 bits per heavy atom. The molecule has 1 aromatic carbocycles. The summed E-state index contributed by atoms with van der Waals surface area (Å²) in [6, 6.07) is 6.30. The molecule has 0 aliphatic heterocycles. The minimum absolute atomic E-state index is 0.0808. The monoisotopic (exact) mass is 382 g/mol. The molecule has 0 heterocycles. The highest BCUT2D eigenvalue weighted by Crippen LogP contribution is 2.70. The molecule has 0 radical (unpaired) electrons. The summed E-state index contributed by atoms with van der Waals surface area (Å²) < 4.78 is 0. The summed E-state index contributed by atoms with van der Waals surface area (Å²) in [6.07, 6.45) is 10.6. The SMILES string of the molecule is CC1(C)CCC[C@]2(C)/C(=C\CO/N=C/c3ccc([N+](=O)[O-])cc3)[C@H]3CC[C@@H]2[C@@H]31. The van der Waals surface area contributed by atoms with Crippen LogP contribution < -0.4 is 0 Å². The first-order valence-corrected chi connectivity index (χ1v) is 10.4. The Kier molecular flexibility index (Phi) is 4.80. The smallest absolute Gasteiger partial charge is 0.269 e. The molecule has 4 rings (SSSR count). The molecule has 0 spiro atoms. The van der Waals surface area contributed by atoms with Crippen molar-refractivity contribution in [1.82, 2.24) is 0 Å². The van der Waals surface area contributed by atoms with Crippen molar-refractivity contribution in [3.63, 3.8) is 0 Å². The van der Waals surface area contributed by atoms with Gasteiger partial charge in [-0.3, -0.25) is 10.1 Å². The zero-order chi connectivity index (χ0) is 19.9. The van der Waals surface area contributed by atoms with Gasteiger partial charge in [0.05, 0.1) is 11.1 Å². The third-order valence-corrected chi connectivity index (χ3v) is 7.71. The van der Waals surface area contributed by atoms with E-state index in [4.69, 9.17) is 4.84 Å². The van der Waals surface area contributed by atoms with Crippen LogP contribution in [-0.4, -0.2) is 17.7 Å². The number of nitrogens with zero attached hydrogens (tertiary/aromatic N) is 2. The van der Waals surface area contributed by atoms with E-state index in [1.165, 1.54) is 44.2 Å². The Morgan fingerprint density at radius 1 is 1.21 bits per heavy atom. The van der Waals surface area contributed by atoms with Crippen LogP contribution in [0.3, 0.4) is 0 Å². The van der Waals surface area contributed by atoms with E-state index in [-0.39, 0.29) is 5.69 Å². The van der Waals surface area contributed by atoms with Gasteiger partial charge in [-0.2, -0.15) is 0 Å². The lowest BCUT2D eigenvalue weighted by Gasteiger charge is -2.36. The molecule has 0 amide bonds. The molecule has 3 aliphatic carbocycles. The van der Waals surface area contributed by atoms with Crippen LogP contribution in [0.15, 0.2) is 41.1 Å². The summed E-state index contributed by atoms with van der Waals surface area (Å²) in [7, 11) is 0. The van der Waals surface area contributed by atoms with Crippen molar-refractivity contribution in [2.45, 2.75) is 52.9 Å². The van der Waals surface area contributed by atoms with Gasteiger partial charge in [0.25, 0.3) is 5.69 Å². The number of non-ortho nitro benzene ring substituents is 1. The van der Waals surface area contributed by atoms with Gasteiger partial charge in [0.1, 0.15) is 6.61 Å². The summed E-state index contributed by atoms with van der Waals surface area (Å²) in [6.45, 7) is 7.92. The summed E-state index contributed by atoms with van der Waals surface area (Å²) in [4.78, 5) is 15.8. The number of allylic oxidation sites excluding steroid dienone is 1. The number of nitro groups is 1. The van der Waals surface area contributed by atoms with Gasteiger partial charge in [-0.1, -0.05) is 37.9 Å². The summed E-state index contributed by atoms with van der Waals surface area (Å²) in [5, 5.41) is 14.8. The largest absolute Gasteiger partial charge is 0.392 e. The first-order valence-electron chi connectivity index (χ1n) is 10.4. The second-order valence-corrected chi connectivity index (χ2v) is 9.61. The Hall–Kier alpha value is -2.17. The fourth-order valence-corrected chi connectivity index (χ4v) is 6.53. The van der Waals surface area contributed by atoms with Crippen LogP contribution in [0.5, 0.6) is 0 Å². The second-order valence-electron chi connectivity index (χ2n) is 9.61. The van der Waals surface area contributed by atoms with Gasteiger partial charge in [0.15, 0.2) is 0 Å². The standard InChI is InChI=1S/C23H30N2O3/c1-22(2)12-4-13-23(3)19(18-9-10-20(23)21(18)22)11-14-28-24-15-16-5-7-17(8-6-16)25(26)27/h5-8,11,15,18,20-21H,4,9-10,12-14H2,1-3H3/b19-11-,24-15+/t18-,20-,21-,23-/m1/s1. The molecule has 5 nitrogen and oxygen atoms in total. The predicted octanol–water partition coefficient (Wildman–Crippen LogP) is 5.74. The molecule has 0 N–H and O–H groups in total. The average molecular weight is 383 g/mol. The van der Waals surface area contributed by atoms with Crippen molar-refractivity contribution in [1.29, 1.82) is 0 Å². The van der Waals surface area contributed by atoms with Gasteiger partial charge in [0.2, 0.25) is 0 Å². The van der Waals surface area contributed by atoms with Crippen LogP contribution in [0.4, 0.5) is 5.69 Å². The van der Waals surface area contributed by atoms with Crippen molar-refractivity contribution < 1.29 is 9.76 Å². The van der Waals surface area contributed by atoms with Crippen molar-refractivity contribution >= 4 is 11.9 Å². The molecule has 5 heteroatoms. The van der Waals surface area contributed by atoms with E-state index in [1.807, 2.05) is 0 Å². The minimum Gasteiger partial charge on any atom is -0.392 e. The first kappa shape index (κ1) is 19.2. The number of nitro benzene ring substituents is 1. The second kappa shape index (κ2) is 7.02. The predicted molar refractivity (Wildman–Crippen MR) is 110 cm³/mol. The topological polar surface area (TPSA) is 64.7 Å². The number of hydrogen-bond acceptors (Lipinski definition) is 4. The average Bonchev–Trinajstić information content (AvgIpc) is 3.15. The highest BCUT2D eigenvalue weighted by atomic mass is 16.6. The van der Waals surface area contributed by atoms with Crippen LogP contribution in [0.2, 0.25) is 0 Å². The van der Waals surface area contributed by atoms with Crippen molar-refractivity contribution in [2.24, 2.45) is 33.7 Å².